The predicted octanol–water partition coefficient (Wildman–Crippen LogP) is 3.91. The van der Waals surface area contributed by atoms with Crippen LogP contribution in [0.25, 0.3) is 0 Å². The highest BCUT2D eigenvalue weighted by Gasteiger charge is 2.32. The molecule has 0 bridgehead atoms. The number of nitrogens with one attached hydrogen (secondary N) is 1. The summed E-state index contributed by atoms with van der Waals surface area (Å²) >= 11 is 3.35. The molecule has 2 amide bonds. The number of hydrogen-bond donors (Lipinski definition) is 1. The van der Waals surface area contributed by atoms with Gasteiger partial charge < -0.3 is 10.2 Å². The van der Waals surface area contributed by atoms with Gasteiger partial charge >= 0.3 is 0 Å². The number of hydrogen-bond acceptors (Lipinski definition) is 4. The van der Waals surface area contributed by atoms with Crippen molar-refractivity contribution in [2.75, 3.05) is 24.2 Å². The molecule has 0 saturated carbocycles. The number of halogens is 1. The first-order chi connectivity index (χ1) is 17.1. The average molecular weight is 573 g/mol. The summed E-state index contributed by atoms with van der Waals surface area (Å²) in [6, 6.07) is 22.9. The quantitative estimate of drug-likeness (QED) is 0.399. The Labute approximate surface area is 221 Å². The van der Waals surface area contributed by atoms with Crippen LogP contribution in [0.4, 0.5) is 5.69 Å². The Morgan fingerprint density at radius 2 is 1.56 bits per heavy atom. The van der Waals surface area contributed by atoms with Crippen LogP contribution in [0.15, 0.2) is 83.3 Å². The second-order valence-corrected chi connectivity index (χ2v) is 11.3. The summed E-state index contributed by atoms with van der Waals surface area (Å²) in [5.41, 5.74) is 3.10. The van der Waals surface area contributed by atoms with E-state index >= 15 is 0 Å². The lowest BCUT2D eigenvalue weighted by atomic mass is 10.0. The van der Waals surface area contributed by atoms with Gasteiger partial charge in [-0.3, -0.25) is 13.9 Å². The Hall–Kier alpha value is -3.17. The minimum absolute atomic E-state index is 0.161. The van der Waals surface area contributed by atoms with Crippen molar-refractivity contribution in [1.82, 2.24) is 10.2 Å². The van der Waals surface area contributed by atoms with E-state index in [1.165, 1.54) is 11.9 Å². The number of nitrogens with zero attached hydrogens (tertiary/aromatic N) is 2. The molecule has 0 aliphatic rings. The molecule has 190 valence electrons. The van der Waals surface area contributed by atoms with Crippen LogP contribution < -0.4 is 9.62 Å². The number of sulfonamides is 1. The Morgan fingerprint density at radius 3 is 2.14 bits per heavy atom. The predicted molar refractivity (Wildman–Crippen MR) is 146 cm³/mol. The van der Waals surface area contributed by atoms with E-state index in [1.54, 1.807) is 24.3 Å². The second kappa shape index (κ2) is 12.2. The van der Waals surface area contributed by atoms with E-state index in [4.69, 9.17) is 0 Å². The van der Waals surface area contributed by atoms with Crippen LogP contribution in [0.1, 0.15) is 16.7 Å². The number of carbonyl (C=O) groups excluding carboxylic acids is 2. The van der Waals surface area contributed by atoms with Crippen molar-refractivity contribution in [3.05, 3.63) is 100 Å². The maximum atomic E-state index is 13.8. The largest absolute Gasteiger partial charge is 0.357 e. The minimum atomic E-state index is -3.78. The highest BCUT2D eigenvalue weighted by atomic mass is 79.9. The van der Waals surface area contributed by atoms with E-state index in [0.717, 1.165) is 31.7 Å². The lowest BCUT2D eigenvalue weighted by Gasteiger charge is -2.33. The summed E-state index contributed by atoms with van der Waals surface area (Å²) in [4.78, 5) is 28.4. The highest BCUT2D eigenvalue weighted by molar-refractivity contribution is 9.10. The van der Waals surface area contributed by atoms with Crippen molar-refractivity contribution in [2.45, 2.75) is 25.9 Å². The third kappa shape index (κ3) is 7.18. The zero-order valence-corrected chi connectivity index (χ0v) is 22.9. The van der Waals surface area contributed by atoms with Gasteiger partial charge in [0.05, 0.1) is 11.9 Å². The fraction of sp³-hybridized carbons (Fsp3) is 0.259. The maximum Gasteiger partial charge on any atom is 0.244 e. The monoisotopic (exact) mass is 571 g/mol. The van der Waals surface area contributed by atoms with Gasteiger partial charge in [0.1, 0.15) is 12.6 Å². The Kier molecular flexibility index (Phi) is 9.28. The van der Waals surface area contributed by atoms with Gasteiger partial charge in [-0.25, -0.2) is 8.42 Å². The molecule has 3 aromatic rings. The first kappa shape index (κ1) is 27.4. The molecule has 0 radical (unpaired) electrons. The molecule has 1 unspecified atom stereocenters. The lowest BCUT2D eigenvalue weighted by molar-refractivity contribution is -0.139. The number of likely N-dealkylation sites (N-methyl/N-ethyl adjacent to an activating group) is 1. The molecule has 9 heteroatoms. The van der Waals surface area contributed by atoms with E-state index in [2.05, 4.69) is 21.2 Å². The maximum absolute atomic E-state index is 13.8. The number of aryl methyl sites for hydroxylation is 1. The number of carbonyl (C=O) groups is 2. The van der Waals surface area contributed by atoms with E-state index in [-0.39, 0.29) is 18.9 Å². The molecule has 0 heterocycles. The molecule has 1 N–H and O–H groups in total. The van der Waals surface area contributed by atoms with Crippen LogP contribution in [-0.2, 0) is 32.6 Å². The summed E-state index contributed by atoms with van der Waals surface area (Å²) in [5, 5.41) is 2.67. The van der Waals surface area contributed by atoms with Crippen molar-refractivity contribution in [3.8, 4) is 0 Å². The van der Waals surface area contributed by atoms with Crippen LogP contribution in [0.3, 0.4) is 0 Å². The van der Waals surface area contributed by atoms with Crippen LogP contribution in [-0.4, -0.2) is 51.0 Å². The van der Waals surface area contributed by atoms with E-state index < -0.39 is 28.5 Å². The van der Waals surface area contributed by atoms with Crippen LogP contribution in [0.2, 0.25) is 0 Å². The Balaban J connectivity index is 2.03. The molecule has 0 aliphatic heterocycles. The SMILES string of the molecule is CNC(=O)C(Cc1ccccc1)N(Cc1ccccc1C)C(=O)CN(c1ccc(Br)cc1)S(C)(=O)=O. The molecule has 7 nitrogen and oxygen atoms in total. The van der Waals surface area contributed by atoms with Crippen molar-refractivity contribution in [2.24, 2.45) is 0 Å². The fourth-order valence-corrected chi connectivity index (χ4v) is 5.03. The zero-order chi connectivity index (χ0) is 26.3. The minimum Gasteiger partial charge on any atom is -0.357 e. The van der Waals surface area contributed by atoms with Crippen LogP contribution in [0.5, 0.6) is 0 Å². The molecule has 0 saturated heterocycles. The van der Waals surface area contributed by atoms with Gasteiger partial charge in [0.15, 0.2) is 0 Å². The van der Waals surface area contributed by atoms with Crippen LogP contribution >= 0.6 is 15.9 Å². The third-order valence-electron chi connectivity index (χ3n) is 5.91. The molecule has 0 spiro atoms. The standard InChI is InChI=1S/C27H30BrN3O4S/c1-20-9-7-8-12-22(20)18-30(25(27(33)29-2)17-21-10-5-4-6-11-21)26(32)19-31(36(3,34)35)24-15-13-23(28)14-16-24/h4-16,25H,17-19H2,1-3H3,(H,29,33). The Bertz CT molecular complexity index is 1300. The van der Waals surface area contributed by atoms with Crippen LogP contribution in [0, 0.1) is 6.92 Å². The molecule has 1 atom stereocenters. The zero-order valence-electron chi connectivity index (χ0n) is 20.5. The van der Waals surface area contributed by atoms with Gasteiger partial charge in [-0.15, -0.1) is 0 Å². The topological polar surface area (TPSA) is 86.8 Å². The van der Waals surface area contributed by atoms with Crippen molar-refractivity contribution in [1.29, 1.82) is 0 Å². The van der Waals surface area contributed by atoms with Gasteiger partial charge in [0.25, 0.3) is 0 Å². The van der Waals surface area contributed by atoms with E-state index in [9.17, 15) is 18.0 Å². The first-order valence-electron chi connectivity index (χ1n) is 11.4. The smallest absolute Gasteiger partial charge is 0.244 e. The molecule has 0 aliphatic carbocycles. The Morgan fingerprint density at radius 1 is 0.944 bits per heavy atom. The van der Waals surface area contributed by atoms with Crippen molar-refractivity contribution in [3.63, 3.8) is 0 Å². The summed E-state index contributed by atoms with van der Waals surface area (Å²) < 4.78 is 27.3. The van der Waals surface area contributed by atoms with Gasteiger partial charge in [0, 0.05) is 24.5 Å². The molecule has 0 aromatic heterocycles. The van der Waals surface area contributed by atoms with Crippen molar-refractivity contribution >= 4 is 43.5 Å². The number of anilines is 1. The first-order valence-corrected chi connectivity index (χ1v) is 14.1. The summed E-state index contributed by atoms with van der Waals surface area (Å²) in [6.45, 7) is 1.66. The van der Waals surface area contributed by atoms with Gasteiger partial charge in [-0.2, -0.15) is 0 Å². The van der Waals surface area contributed by atoms with Gasteiger partial charge in [-0.05, 0) is 47.9 Å². The summed E-state index contributed by atoms with van der Waals surface area (Å²) in [7, 11) is -2.25. The summed E-state index contributed by atoms with van der Waals surface area (Å²) in [6.07, 6.45) is 1.35. The number of amides is 2. The number of rotatable bonds is 10. The molecule has 36 heavy (non-hydrogen) atoms. The number of benzene rings is 3. The molecule has 3 aromatic carbocycles. The lowest BCUT2D eigenvalue weighted by Crippen LogP contribution is -2.53. The molecule has 0 fully saturated rings. The highest BCUT2D eigenvalue weighted by Crippen LogP contribution is 2.23. The second-order valence-electron chi connectivity index (χ2n) is 8.51. The van der Waals surface area contributed by atoms with E-state index in [1.807, 2.05) is 61.5 Å². The van der Waals surface area contributed by atoms with Gasteiger partial charge in [0.2, 0.25) is 21.8 Å². The molecular formula is C27H30BrN3O4S. The molecular weight excluding hydrogens is 542 g/mol. The normalized spacial score (nSPS) is 12.0. The third-order valence-corrected chi connectivity index (χ3v) is 7.58. The van der Waals surface area contributed by atoms with Gasteiger partial charge in [-0.1, -0.05) is 70.5 Å². The van der Waals surface area contributed by atoms with Crippen molar-refractivity contribution < 1.29 is 18.0 Å². The fourth-order valence-electron chi connectivity index (χ4n) is 3.91. The molecule has 3 rings (SSSR count). The summed E-state index contributed by atoms with van der Waals surface area (Å²) in [5.74, 6) is -0.800. The van der Waals surface area contributed by atoms with E-state index in [0.29, 0.717) is 5.69 Å². The average Bonchev–Trinajstić information content (AvgIpc) is 2.85.